The number of hydrogen-bond donors (Lipinski definition) is 1. The quantitative estimate of drug-likeness (QED) is 0.422. The van der Waals surface area contributed by atoms with Crippen LogP contribution in [0.5, 0.6) is 0 Å². The second-order valence-electron chi connectivity index (χ2n) is 6.65. The lowest BCUT2D eigenvalue weighted by molar-refractivity contribution is -0.119. The van der Waals surface area contributed by atoms with Gasteiger partial charge in [-0.15, -0.1) is 0 Å². The monoisotopic (exact) mass is 443 g/mol. The molecule has 0 atom stereocenters. The molecular weight excluding hydrogens is 418 g/mol. The molecule has 10 nitrogen and oxygen atoms in total. The smallest absolute Gasteiger partial charge is 0.263 e. The van der Waals surface area contributed by atoms with Gasteiger partial charge in [0.05, 0.1) is 31.2 Å². The Labute approximate surface area is 184 Å². The van der Waals surface area contributed by atoms with Gasteiger partial charge < -0.3 is 14.6 Å². The van der Waals surface area contributed by atoms with Gasteiger partial charge in [-0.2, -0.15) is 0 Å². The summed E-state index contributed by atoms with van der Waals surface area (Å²) in [5.41, 5.74) is 0.777. The van der Waals surface area contributed by atoms with Gasteiger partial charge in [-0.3, -0.25) is 24.5 Å². The summed E-state index contributed by atoms with van der Waals surface area (Å²) in [6.07, 6.45) is 13.3. The maximum Gasteiger partial charge on any atom is 0.263 e. The topological polar surface area (TPSA) is 115 Å². The van der Waals surface area contributed by atoms with Gasteiger partial charge >= 0.3 is 0 Å². The van der Waals surface area contributed by atoms with Crippen LogP contribution < -0.4 is 10.2 Å². The number of hydrogen-bond acceptors (Lipinski definition) is 8. The molecule has 31 heavy (non-hydrogen) atoms. The highest BCUT2D eigenvalue weighted by Crippen LogP contribution is 2.23. The third-order valence-electron chi connectivity index (χ3n) is 4.42. The van der Waals surface area contributed by atoms with E-state index in [-0.39, 0.29) is 18.2 Å². The fourth-order valence-electron chi connectivity index (χ4n) is 2.80. The number of carbonyl (C=O) groups excluding carboxylic acids is 2. The first kappa shape index (κ1) is 22.5. The lowest BCUT2D eigenvalue weighted by atomic mass is 10.3. The third kappa shape index (κ3) is 6.93. The van der Waals surface area contributed by atoms with Crippen molar-refractivity contribution in [3.8, 4) is 0 Å². The van der Waals surface area contributed by atoms with E-state index in [1.54, 1.807) is 43.1 Å². The number of aromatic nitrogens is 5. The van der Waals surface area contributed by atoms with E-state index in [1.165, 1.54) is 17.5 Å². The SMILES string of the molecule is COCCC(=O)N(CCc1cnccn1)c1ncc(C(=O)NCCCn2ccnc2)s1. The standard InChI is InChI=1S/C20H25N7O3S/c1-30-12-4-18(28)27(10-3-16-13-21-6-7-23-16)20-25-14-17(31-20)19(29)24-5-2-9-26-11-8-22-15-26/h6-8,11,13-15H,2-5,9-10,12H2,1H3,(H,24,29). The van der Waals surface area contributed by atoms with E-state index in [9.17, 15) is 9.59 Å². The second-order valence-corrected chi connectivity index (χ2v) is 7.66. The molecule has 164 valence electrons. The van der Waals surface area contributed by atoms with Crippen molar-refractivity contribution in [2.24, 2.45) is 0 Å². The minimum atomic E-state index is -0.201. The van der Waals surface area contributed by atoms with Gasteiger partial charge in [0.15, 0.2) is 5.13 Å². The first-order valence-electron chi connectivity index (χ1n) is 9.91. The fourth-order valence-corrected chi connectivity index (χ4v) is 3.68. The highest BCUT2D eigenvalue weighted by Gasteiger charge is 2.21. The van der Waals surface area contributed by atoms with Crippen molar-refractivity contribution in [2.75, 3.05) is 31.7 Å². The summed E-state index contributed by atoms with van der Waals surface area (Å²) >= 11 is 1.19. The molecule has 0 aliphatic carbocycles. The second kappa shape index (κ2) is 11.9. The number of amides is 2. The molecule has 0 spiro atoms. The summed E-state index contributed by atoms with van der Waals surface area (Å²) in [6.45, 7) is 2.02. The van der Waals surface area contributed by atoms with Crippen LogP contribution in [0.15, 0.2) is 43.5 Å². The molecule has 1 N–H and O–H groups in total. The number of nitrogens with zero attached hydrogens (tertiary/aromatic N) is 6. The molecule has 0 aliphatic heterocycles. The first-order chi connectivity index (χ1) is 15.2. The molecule has 0 fully saturated rings. The lowest BCUT2D eigenvalue weighted by Gasteiger charge is -2.19. The van der Waals surface area contributed by atoms with Crippen LogP contribution in [0.2, 0.25) is 0 Å². The average Bonchev–Trinajstić information content (AvgIpc) is 3.48. The molecule has 3 heterocycles. The first-order valence-corrected chi connectivity index (χ1v) is 10.7. The summed E-state index contributed by atoms with van der Waals surface area (Å²) in [5, 5.41) is 3.37. The zero-order valence-corrected chi connectivity index (χ0v) is 18.1. The van der Waals surface area contributed by atoms with E-state index in [4.69, 9.17) is 4.74 Å². The fraction of sp³-hybridized carbons (Fsp3) is 0.400. The van der Waals surface area contributed by atoms with Crippen molar-refractivity contribution >= 4 is 28.3 Å². The molecule has 0 aliphatic rings. The van der Waals surface area contributed by atoms with Crippen molar-refractivity contribution in [3.05, 3.63) is 54.1 Å². The maximum atomic E-state index is 12.7. The van der Waals surface area contributed by atoms with E-state index >= 15 is 0 Å². The lowest BCUT2D eigenvalue weighted by Crippen LogP contribution is -2.33. The predicted octanol–water partition coefficient (Wildman–Crippen LogP) is 1.56. The normalized spacial score (nSPS) is 10.7. The Balaban J connectivity index is 1.58. The minimum absolute atomic E-state index is 0.118. The molecule has 0 bridgehead atoms. The van der Waals surface area contributed by atoms with Gasteiger partial charge in [0, 0.05) is 64.1 Å². The van der Waals surface area contributed by atoms with Crippen molar-refractivity contribution in [2.45, 2.75) is 25.8 Å². The Hall–Kier alpha value is -3.18. The Morgan fingerprint density at radius 1 is 1.19 bits per heavy atom. The van der Waals surface area contributed by atoms with Gasteiger partial charge in [0.1, 0.15) is 4.88 Å². The molecule has 0 saturated heterocycles. The zero-order chi connectivity index (χ0) is 21.9. The predicted molar refractivity (Wildman–Crippen MR) is 116 cm³/mol. The van der Waals surface area contributed by atoms with Crippen molar-refractivity contribution < 1.29 is 14.3 Å². The van der Waals surface area contributed by atoms with E-state index in [1.807, 2.05) is 10.8 Å². The molecule has 0 unspecified atom stereocenters. The van der Waals surface area contributed by atoms with Crippen molar-refractivity contribution in [1.82, 2.24) is 29.8 Å². The van der Waals surface area contributed by atoms with Crippen LogP contribution in [0.3, 0.4) is 0 Å². The summed E-state index contributed by atoms with van der Waals surface area (Å²) in [6, 6.07) is 0. The molecular formula is C20H25N7O3S. The van der Waals surface area contributed by atoms with Gasteiger partial charge in [-0.1, -0.05) is 11.3 Å². The van der Waals surface area contributed by atoms with E-state index in [0.29, 0.717) is 36.1 Å². The summed E-state index contributed by atoms with van der Waals surface area (Å²) in [7, 11) is 1.55. The van der Waals surface area contributed by atoms with Crippen LogP contribution in [-0.4, -0.2) is 63.1 Å². The highest BCUT2D eigenvalue weighted by atomic mass is 32.1. The van der Waals surface area contributed by atoms with E-state index in [2.05, 4.69) is 25.3 Å². The molecule has 0 aromatic carbocycles. The molecule has 0 radical (unpaired) electrons. The number of thiazole rings is 1. The van der Waals surface area contributed by atoms with E-state index in [0.717, 1.165) is 18.7 Å². The van der Waals surface area contributed by atoms with E-state index < -0.39 is 0 Å². The largest absolute Gasteiger partial charge is 0.384 e. The summed E-state index contributed by atoms with van der Waals surface area (Å²) in [4.78, 5) is 43.8. The number of rotatable bonds is 12. The Morgan fingerprint density at radius 2 is 2.10 bits per heavy atom. The van der Waals surface area contributed by atoms with Crippen LogP contribution in [-0.2, 0) is 22.5 Å². The number of methoxy groups -OCH3 is 1. The van der Waals surface area contributed by atoms with Crippen LogP contribution in [0.25, 0.3) is 0 Å². The molecule has 3 aromatic heterocycles. The zero-order valence-electron chi connectivity index (χ0n) is 17.3. The van der Waals surface area contributed by atoms with Crippen LogP contribution >= 0.6 is 11.3 Å². The number of nitrogens with one attached hydrogen (secondary N) is 1. The Kier molecular flexibility index (Phi) is 8.61. The Morgan fingerprint density at radius 3 is 2.84 bits per heavy atom. The minimum Gasteiger partial charge on any atom is -0.384 e. The number of imidazole rings is 1. The maximum absolute atomic E-state index is 12.7. The summed E-state index contributed by atoms with van der Waals surface area (Å²) < 4.78 is 6.99. The molecule has 3 aromatic rings. The van der Waals surface area contributed by atoms with Gasteiger partial charge in [-0.05, 0) is 6.42 Å². The Bertz CT molecular complexity index is 947. The van der Waals surface area contributed by atoms with Crippen molar-refractivity contribution in [3.63, 3.8) is 0 Å². The number of aryl methyl sites for hydroxylation is 1. The number of ether oxygens (including phenoxy) is 1. The van der Waals surface area contributed by atoms with Crippen molar-refractivity contribution in [1.29, 1.82) is 0 Å². The van der Waals surface area contributed by atoms with Crippen LogP contribution in [0.4, 0.5) is 5.13 Å². The number of carbonyl (C=O) groups is 2. The molecule has 11 heteroatoms. The van der Waals surface area contributed by atoms with Crippen LogP contribution in [0.1, 0.15) is 28.2 Å². The van der Waals surface area contributed by atoms with Gasteiger partial charge in [0.2, 0.25) is 5.91 Å². The van der Waals surface area contributed by atoms with Crippen LogP contribution in [0, 0.1) is 0 Å². The van der Waals surface area contributed by atoms with Gasteiger partial charge in [-0.25, -0.2) is 9.97 Å². The molecule has 0 saturated carbocycles. The molecule has 2 amide bonds. The summed E-state index contributed by atoms with van der Waals surface area (Å²) in [5.74, 6) is -0.319. The number of anilines is 1. The average molecular weight is 444 g/mol. The van der Waals surface area contributed by atoms with Gasteiger partial charge in [0.25, 0.3) is 5.91 Å². The highest BCUT2D eigenvalue weighted by molar-refractivity contribution is 7.17. The molecule has 3 rings (SSSR count). The third-order valence-corrected chi connectivity index (χ3v) is 5.43.